The summed E-state index contributed by atoms with van der Waals surface area (Å²) in [5.41, 5.74) is -0.281. The van der Waals surface area contributed by atoms with Crippen molar-refractivity contribution in [3.63, 3.8) is 0 Å². The van der Waals surface area contributed by atoms with Crippen molar-refractivity contribution in [2.45, 2.75) is 6.10 Å². The van der Waals surface area contributed by atoms with E-state index in [0.29, 0.717) is 0 Å². The monoisotopic (exact) mass is 204 g/mol. The fourth-order valence-electron chi connectivity index (χ4n) is 0.932. The normalized spacial score (nSPS) is 12.6. The van der Waals surface area contributed by atoms with Crippen LogP contribution in [0.15, 0.2) is 24.8 Å². The molecule has 0 aliphatic carbocycles. The molecule has 1 rings (SSSR count). The van der Waals surface area contributed by atoms with Crippen LogP contribution in [0.25, 0.3) is 0 Å². The Morgan fingerprint density at radius 1 is 1.46 bits per heavy atom. The van der Waals surface area contributed by atoms with Gasteiger partial charge in [0.25, 0.3) is 0 Å². The van der Waals surface area contributed by atoms with Gasteiger partial charge in [-0.05, 0) is 12.1 Å². The Morgan fingerprint density at radius 3 is 2.62 bits per heavy atom. The largest absolute Gasteiger partial charge is 0.384 e. The maximum Gasteiger partial charge on any atom is 0.166 e. The molecule has 1 atom stereocenters. The number of benzene rings is 1. The summed E-state index contributed by atoms with van der Waals surface area (Å²) in [6, 6.07) is 2.08. The molecule has 70 valence electrons. The molecule has 1 N–H and O–H groups in total. The van der Waals surface area contributed by atoms with E-state index in [4.69, 9.17) is 11.6 Å². The second-order valence-corrected chi connectivity index (χ2v) is 2.84. The summed E-state index contributed by atoms with van der Waals surface area (Å²) in [5, 5.41) is 9.18. The molecule has 13 heavy (non-hydrogen) atoms. The average molecular weight is 205 g/mol. The number of rotatable bonds is 2. The average Bonchev–Trinajstić information content (AvgIpc) is 2.12. The van der Waals surface area contributed by atoms with Gasteiger partial charge in [-0.1, -0.05) is 17.7 Å². The van der Waals surface area contributed by atoms with Gasteiger partial charge in [0.15, 0.2) is 11.6 Å². The van der Waals surface area contributed by atoms with Crippen LogP contribution >= 0.6 is 11.6 Å². The third-order valence-electron chi connectivity index (χ3n) is 1.60. The molecule has 1 aromatic rings. The lowest BCUT2D eigenvalue weighted by atomic mass is 10.1. The van der Waals surface area contributed by atoms with Crippen LogP contribution < -0.4 is 0 Å². The highest BCUT2D eigenvalue weighted by Gasteiger charge is 2.17. The van der Waals surface area contributed by atoms with E-state index in [1.807, 2.05) is 0 Å². The van der Waals surface area contributed by atoms with Gasteiger partial charge in [0.1, 0.15) is 6.10 Å². The quantitative estimate of drug-likeness (QED) is 0.580. The fraction of sp³-hybridized carbons (Fsp3) is 0.111. The SMILES string of the molecule is C=CC(O)c1c(Cl)ccc(F)c1F. The van der Waals surface area contributed by atoms with Gasteiger partial charge in [-0.25, -0.2) is 8.78 Å². The number of hydrogen-bond acceptors (Lipinski definition) is 1. The number of hydrogen-bond donors (Lipinski definition) is 1. The molecular weight excluding hydrogens is 198 g/mol. The highest BCUT2D eigenvalue weighted by Crippen LogP contribution is 2.27. The van der Waals surface area contributed by atoms with Gasteiger partial charge < -0.3 is 5.11 Å². The molecule has 0 aliphatic heterocycles. The van der Waals surface area contributed by atoms with Gasteiger partial charge in [0.2, 0.25) is 0 Å². The van der Waals surface area contributed by atoms with Crippen molar-refractivity contribution < 1.29 is 13.9 Å². The highest BCUT2D eigenvalue weighted by molar-refractivity contribution is 6.31. The van der Waals surface area contributed by atoms with Gasteiger partial charge in [0, 0.05) is 10.6 Å². The van der Waals surface area contributed by atoms with E-state index in [9.17, 15) is 13.9 Å². The Morgan fingerprint density at radius 2 is 2.08 bits per heavy atom. The van der Waals surface area contributed by atoms with Crippen molar-refractivity contribution in [1.82, 2.24) is 0 Å². The molecule has 0 saturated carbocycles. The van der Waals surface area contributed by atoms with E-state index in [1.54, 1.807) is 0 Å². The molecular formula is C9H7ClF2O. The molecule has 0 heterocycles. The summed E-state index contributed by atoms with van der Waals surface area (Å²) < 4.78 is 25.7. The zero-order chi connectivity index (χ0) is 10.0. The lowest BCUT2D eigenvalue weighted by Crippen LogP contribution is -2.00. The third kappa shape index (κ3) is 1.87. The van der Waals surface area contributed by atoms with Crippen LogP contribution in [0.1, 0.15) is 11.7 Å². The van der Waals surface area contributed by atoms with Crippen LogP contribution in [-0.4, -0.2) is 5.11 Å². The molecule has 0 saturated heterocycles. The Kier molecular flexibility index (Phi) is 3.01. The lowest BCUT2D eigenvalue weighted by molar-refractivity contribution is 0.222. The van der Waals surface area contributed by atoms with Gasteiger partial charge in [-0.3, -0.25) is 0 Å². The first-order valence-electron chi connectivity index (χ1n) is 3.52. The summed E-state index contributed by atoms with van der Waals surface area (Å²) in [6.07, 6.45) is -0.216. The predicted octanol–water partition coefficient (Wildman–Crippen LogP) is 2.84. The molecule has 1 aromatic carbocycles. The molecule has 0 aliphatic rings. The van der Waals surface area contributed by atoms with Crippen molar-refractivity contribution in [2.24, 2.45) is 0 Å². The minimum atomic E-state index is -1.29. The minimum Gasteiger partial charge on any atom is -0.384 e. The van der Waals surface area contributed by atoms with Crippen molar-refractivity contribution >= 4 is 11.6 Å². The molecule has 0 amide bonds. The minimum absolute atomic E-state index is 0.0219. The second kappa shape index (κ2) is 3.85. The second-order valence-electron chi connectivity index (χ2n) is 2.44. The Labute approximate surface area is 79.3 Å². The smallest absolute Gasteiger partial charge is 0.166 e. The first-order valence-corrected chi connectivity index (χ1v) is 3.89. The van der Waals surface area contributed by atoms with Crippen molar-refractivity contribution in [3.05, 3.63) is 47.0 Å². The number of halogens is 3. The third-order valence-corrected chi connectivity index (χ3v) is 1.93. The number of aliphatic hydroxyl groups is 1. The van der Waals surface area contributed by atoms with Gasteiger partial charge >= 0.3 is 0 Å². The molecule has 0 bridgehead atoms. The van der Waals surface area contributed by atoms with E-state index in [0.717, 1.165) is 12.1 Å². The first kappa shape index (κ1) is 10.2. The van der Waals surface area contributed by atoms with Crippen LogP contribution in [0.4, 0.5) is 8.78 Å². The zero-order valence-corrected chi connectivity index (χ0v) is 7.35. The van der Waals surface area contributed by atoms with Gasteiger partial charge in [-0.2, -0.15) is 0 Å². The maximum absolute atomic E-state index is 13.0. The fourth-order valence-corrected chi connectivity index (χ4v) is 1.19. The molecule has 4 heteroatoms. The summed E-state index contributed by atoms with van der Waals surface area (Å²) in [5.74, 6) is -2.18. The molecule has 0 fully saturated rings. The van der Waals surface area contributed by atoms with E-state index in [2.05, 4.69) is 6.58 Å². The van der Waals surface area contributed by atoms with E-state index < -0.39 is 17.7 Å². The van der Waals surface area contributed by atoms with E-state index in [1.165, 1.54) is 6.07 Å². The summed E-state index contributed by atoms with van der Waals surface area (Å²) in [7, 11) is 0. The van der Waals surface area contributed by atoms with Gasteiger partial charge in [-0.15, -0.1) is 6.58 Å². The Bertz CT molecular complexity index is 339. The van der Waals surface area contributed by atoms with Crippen LogP contribution in [0.3, 0.4) is 0 Å². The van der Waals surface area contributed by atoms with E-state index in [-0.39, 0.29) is 10.6 Å². The topological polar surface area (TPSA) is 20.2 Å². The van der Waals surface area contributed by atoms with Crippen LogP contribution in [0.5, 0.6) is 0 Å². The van der Waals surface area contributed by atoms with Crippen molar-refractivity contribution in [1.29, 1.82) is 0 Å². The highest BCUT2D eigenvalue weighted by atomic mass is 35.5. The summed E-state index contributed by atoms with van der Waals surface area (Å²) >= 11 is 5.56. The van der Waals surface area contributed by atoms with Crippen molar-refractivity contribution in [3.8, 4) is 0 Å². The molecule has 0 aromatic heterocycles. The summed E-state index contributed by atoms with van der Waals surface area (Å²) in [4.78, 5) is 0. The number of aliphatic hydroxyl groups excluding tert-OH is 1. The van der Waals surface area contributed by atoms with Crippen molar-refractivity contribution in [2.75, 3.05) is 0 Å². The Hall–Kier alpha value is -0.930. The van der Waals surface area contributed by atoms with Crippen LogP contribution in [0.2, 0.25) is 5.02 Å². The molecule has 0 spiro atoms. The predicted molar refractivity (Wildman–Crippen MR) is 46.5 cm³/mol. The maximum atomic E-state index is 13.0. The molecule has 1 nitrogen and oxygen atoms in total. The zero-order valence-electron chi connectivity index (χ0n) is 6.60. The van der Waals surface area contributed by atoms with E-state index >= 15 is 0 Å². The first-order chi connectivity index (χ1) is 6.07. The standard InChI is InChI=1S/C9H7ClF2O/c1-2-7(13)8-5(10)3-4-6(11)9(8)12/h2-4,7,13H,1H2. The Balaban J connectivity index is 3.32. The van der Waals surface area contributed by atoms with Crippen LogP contribution in [0, 0.1) is 11.6 Å². The molecule has 0 radical (unpaired) electrons. The van der Waals surface area contributed by atoms with Gasteiger partial charge in [0.05, 0.1) is 0 Å². The molecule has 1 unspecified atom stereocenters. The lowest BCUT2D eigenvalue weighted by Gasteiger charge is -2.09. The summed E-state index contributed by atoms with van der Waals surface area (Å²) in [6.45, 7) is 3.25. The van der Waals surface area contributed by atoms with Crippen LogP contribution in [-0.2, 0) is 0 Å².